The number of sulfone groups is 1. The third-order valence-electron chi connectivity index (χ3n) is 4.45. The van der Waals surface area contributed by atoms with Crippen LogP contribution in [0.4, 0.5) is 0 Å². The summed E-state index contributed by atoms with van der Waals surface area (Å²) in [4.78, 5) is 0. The average Bonchev–Trinajstić information content (AvgIpc) is 2.82. The molecule has 1 saturated carbocycles. The van der Waals surface area contributed by atoms with Gasteiger partial charge in [0.25, 0.3) is 0 Å². The van der Waals surface area contributed by atoms with Crippen molar-refractivity contribution in [2.75, 3.05) is 0 Å². The lowest BCUT2D eigenvalue weighted by Gasteiger charge is -2.12. The second-order valence-corrected chi connectivity index (χ2v) is 7.93. The topological polar surface area (TPSA) is 54.4 Å². The second kappa shape index (κ2) is 4.35. The molecule has 2 aliphatic rings. The van der Waals surface area contributed by atoms with Crippen LogP contribution >= 0.6 is 0 Å². The molecule has 0 amide bonds. The molecular formula is C14H18O3S. The monoisotopic (exact) mass is 266 g/mol. The van der Waals surface area contributed by atoms with Gasteiger partial charge in [0.05, 0.1) is 16.6 Å². The van der Waals surface area contributed by atoms with Crippen molar-refractivity contribution in [2.24, 2.45) is 5.92 Å². The number of aliphatic hydroxyl groups is 1. The highest BCUT2D eigenvalue weighted by Crippen LogP contribution is 2.44. The molecule has 1 saturated heterocycles. The number of hydrogen-bond acceptors (Lipinski definition) is 3. The Hall–Kier alpha value is -0.870. The van der Waals surface area contributed by atoms with E-state index < -0.39 is 15.9 Å². The van der Waals surface area contributed by atoms with Crippen molar-refractivity contribution in [2.45, 2.75) is 42.3 Å². The molecular weight excluding hydrogens is 248 g/mol. The van der Waals surface area contributed by atoms with Crippen LogP contribution in [-0.4, -0.2) is 30.1 Å². The van der Waals surface area contributed by atoms with Gasteiger partial charge in [-0.3, -0.25) is 0 Å². The summed E-state index contributed by atoms with van der Waals surface area (Å²) in [6.07, 6.45) is 2.09. The molecule has 0 aromatic heterocycles. The summed E-state index contributed by atoms with van der Waals surface area (Å²) < 4.78 is 24.8. The molecule has 1 heterocycles. The zero-order valence-electron chi connectivity index (χ0n) is 10.2. The van der Waals surface area contributed by atoms with Crippen LogP contribution in [0.15, 0.2) is 30.3 Å². The lowest BCUT2D eigenvalue weighted by Crippen LogP contribution is -2.24. The smallest absolute Gasteiger partial charge is 0.156 e. The Kier molecular flexibility index (Phi) is 2.94. The lowest BCUT2D eigenvalue weighted by molar-refractivity contribution is 0.132. The molecule has 3 nitrogen and oxygen atoms in total. The van der Waals surface area contributed by atoms with Gasteiger partial charge in [-0.05, 0) is 31.2 Å². The van der Waals surface area contributed by atoms with E-state index in [0.717, 1.165) is 5.56 Å². The highest BCUT2D eigenvalue weighted by molar-refractivity contribution is 7.93. The maximum atomic E-state index is 12.4. The largest absolute Gasteiger partial charge is 0.393 e. The normalized spacial score (nSPS) is 37.6. The minimum absolute atomic E-state index is 0.0243. The van der Waals surface area contributed by atoms with Gasteiger partial charge in [0.15, 0.2) is 9.84 Å². The second-order valence-electron chi connectivity index (χ2n) is 5.48. The molecule has 3 rings (SSSR count). The van der Waals surface area contributed by atoms with Crippen molar-refractivity contribution < 1.29 is 13.5 Å². The van der Waals surface area contributed by atoms with E-state index in [1.807, 2.05) is 30.3 Å². The van der Waals surface area contributed by atoms with E-state index in [0.29, 0.717) is 25.7 Å². The summed E-state index contributed by atoms with van der Waals surface area (Å²) in [6.45, 7) is 0. The van der Waals surface area contributed by atoms with Gasteiger partial charge in [0, 0.05) is 5.92 Å². The van der Waals surface area contributed by atoms with Gasteiger partial charge in [0.1, 0.15) is 0 Å². The molecule has 98 valence electrons. The van der Waals surface area contributed by atoms with E-state index in [2.05, 4.69) is 0 Å². The minimum Gasteiger partial charge on any atom is -0.393 e. The Balaban J connectivity index is 1.83. The van der Waals surface area contributed by atoms with Crippen molar-refractivity contribution in [3.8, 4) is 0 Å². The lowest BCUT2D eigenvalue weighted by atomic mass is 9.97. The van der Waals surface area contributed by atoms with Crippen LogP contribution in [0.25, 0.3) is 0 Å². The van der Waals surface area contributed by atoms with Gasteiger partial charge >= 0.3 is 0 Å². The fraction of sp³-hybridized carbons (Fsp3) is 0.571. The third kappa shape index (κ3) is 1.88. The fourth-order valence-electron chi connectivity index (χ4n) is 3.49. The van der Waals surface area contributed by atoms with Crippen LogP contribution in [-0.2, 0) is 16.3 Å². The summed E-state index contributed by atoms with van der Waals surface area (Å²) in [7, 11) is -3.06. The molecule has 1 aromatic rings. The van der Waals surface area contributed by atoms with Gasteiger partial charge in [-0.1, -0.05) is 30.3 Å². The molecule has 1 aromatic carbocycles. The summed E-state index contributed by atoms with van der Waals surface area (Å²) in [5.41, 5.74) is 1.07. The Bertz CT molecular complexity index is 523. The van der Waals surface area contributed by atoms with Crippen LogP contribution in [0, 0.1) is 5.92 Å². The minimum atomic E-state index is -3.06. The van der Waals surface area contributed by atoms with Crippen LogP contribution in [0.2, 0.25) is 0 Å². The van der Waals surface area contributed by atoms with Crippen molar-refractivity contribution in [1.29, 1.82) is 0 Å². The predicted molar refractivity (Wildman–Crippen MR) is 70.0 cm³/mol. The maximum Gasteiger partial charge on any atom is 0.156 e. The number of aliphatic hydroxyl groups excluding tert-OH is 1. The first-order valence-electron chi connectivity index (χ1n) is 6.54. The van der Waals surface area contributed by atoms with Gasteiger partial charge < -0.3 is 5.11 Å². The average molecular weight is 266 g/mol. The van der Waals surface area contributed by atoms with Gasteiger partial charge in [-0.15, -0.1) is 0 Å². The van der Waals surface area contributed by atoms with E-state index in [-0.39, 0.29) is 16.4 Å². The summed E-state index contributed by atoms with van der Waals surface area (Å²) in [5.74, 6) is -0.0243. The predicted octanol–water partition coefficient (Wildman–Crippen LogP) is 1.56. The first-order chi connectivity index (χ1) is 8.59. The van der Waals surface area contributed by atoms with E-state index >= 15 is 0 Å². The highest BCUT2D eigenvalue weighted by Gasteiger charge is 2.52. The Morgan fingerprint density at radius 3 is 2.56 bits per heavy atom. The van der Waals surface area contributed by atoms with Crippen molar-refractivity contribution >= 4 is 9.84 Å². The Morgan fingerprint density at radius 2 is 1.89 bits per heavy atom. The third-order valence-corrected chi connectivity index (χ3v) is 7.16. The summed E-state index contributed by atoms with van der Waals surface area (Å²) in [6, 6.07) is 9.75. The standard InChI is InChI=1S/C14H18O3S/c15-13-6-7-14-12(13)9-11(18(14,16)17)8-10-4-2-1-3-5-10/h1-5,11-15H,6-9H2/t11-,12?,13?,14?/m0/s1. The van der Waals surface area contributed by atoms with Gasteiger partial charge in [-0.2, -0.15) is 0 Å². The number of hydrogen-bond donors (Lipinski definition) is 1. The molecule has 18 heavy (non-hydrogen) atoms. The van der Waals surface area contributed by atoms with E-state index in [1.54, 1.807) is 0 Å². The van der Waals surface area contributed by atoms with E-state index in [4.69, 9.17) is 0 Å². The van der Waals surface area contributed by atoms with Gasteiger partial charge in [0.2, 0.25) is 0 Å². The number of rotatable bonds is 2. The zero-order valence-corrected chi connectivity index (χ0v) is 11.0. The molecule has 1 aliphatic heterocycles. The van der Waals surface area contributed by atoms with Crippen molar-refractivity contribution in [3.63, 3.8) is 0 Å². The van der Waals surface area contributed by atoms with E-state index in [1.165, 1.54) is 0 Å². The number of fused-ring (bicyclic) bond motifs is 1. The molecule has 4 heteroatoms. The molecule has 4 atom stereocenters. The zero-order chi connectivity index (χ0) is 12.8. The Labute approximate surface area is 108 Å². The van der Waals surface area contributed by atoms with Crippen LogP contribution in [0.5, 0.6) is 0 Å². The van der Waals surface area contributed by atoms with Crippen LogP contribution < -0.4 is 0 Å². The maximum absolute atomic E-state index is 12.4. The van der Waals surface area contributed by atoms with Gasteiger partial charge in [-0.25, -0.2) is 8.42 Å². The molecule has 1 N–H and O–H groups in total. The summed E-state index contributed by atoms with van der Waals surface area (Å²) >= 11 is 0. The van der Waals surface area contributed by atoms with Crippen molar-refractivity contribution in [3.05, 3.63) is 35.9 Å². The first-order valence-corrected chi connectivity index (χ1v) is 8.14. The Morgan fingerprint density at radius 1 is 1.17 bits per heavy atom. The molecule has 2 fully saturated rings. The highest BCUT2D eigenvalue weighted by atomic mass is 32.2. The molecule has 0 spiro atoms. The van der Waals surface area contributed by atoms with Crippen LogP contribution in [0.1, 0.15) is 24.8 Å². The summed E-state index contributed by atoms with van der Waals surface area (Å²) in [5, 5.41) is 9.26. The number of benzene rings is 1. The van der Waals surface area contributed by atoms with Crippen molar-refractivity contribution in [1.82, 2.24) is 0 Å². The van der Waals surface area contributed by atoms with Crippen LogP contribution in [0.3, 0.4) is 0 Å². The first kappa shape index (κ1) is 12.2. The molecule has 0 radical (unpaired) electrons. The quantitative estimate of drug-likeness (QED) is 0.883. The fourth-order valence-corrected chi connectivity index (χ4v) is 6.14. The molecule has 0 bridgehead atoms. The molecule has 1 aliphatic carbocycles. The van der Waals surface area contributed by atoms with E-state index in [9.17, 15) is 13.5 Å². The SMILES string of the molecule is O=S1(=O)C2CCC(O)C2C[C@@H]1Cc1ccccc1. The molecule has 3 unspecified atom stereocenters.